The molecular formula is C17H19N3O2. The minimum Gasteiger partial charge on any atom is -0.395 e. The van der Waals surface area contributed by atoms with Crippen molar-refractivity contribution in [1.29, 1.82) is 5.26 Å². The summed E-state index contributed by atoms with van der Waals surface area (Å²) in [5, 5.41) is 17.8. The van der Waals surface area contributed by atoms with Gasteiger partial charge < -0.3 is 14.6 Å². The Morgan fingerprint density at radius 3 is 2.50 bits per heavy atom. The molecule has 2 aromatic rings. The van der Waals surface area contributed by atoms with Crippen molar-refractivity contribution >= 4 is 5.91 Å². The first-order valence-corrected chi connectivity index (χ1v) is 7.05. The molecule has 1 heterocycles. The fraction of sp³-hybridized carbons (Fsp3) is 0.294. The van der Waals surface area contributed by atoms with E-state index in [4.69, 9.17) is 10.4 Å². The van der Waals surface area contributed by atoms with Crippen LogP contribution in [0.25, 0.3) is 5.69 Å². The largest absolute Gasteiger partial charge is 0.395 e. The van der Waals surface area contributed by atoms with E-state index in [1.165, 1.54) is 4.90 Å². The predicted octanol–water partition coefficient (Wildman–Crippen LogP) is 2.03. The van der Waals surface area contributed by atoms with Crippen LogP contribution in [0.5, 0.6) is 0 Å². The average Bonchev–Trinajstić information content (AvgIpc) is 2.81. The number of hydrogen-bond acceptors (Lipinski definition) is 3. The van der Waals surface area contributed by atoms with Gasteiger partial charge >= 0.3 is 0 Å². The van der Waals surface area contributed by atoms with Crippen LogP contribution in [0.1, 0.15) is 27.3 Å². The average molecular weight is 297 g/mol. The molecule has 5 heteroatoms. The number of nitriles is 1. The van der Waals surface area contributed by atoms with Crippen molar-refractivity contribution in [2.24, 2.45) is 0 Å². The topological polar surface area (TPSA) is 69.3 Å². The summed E-state index contributed by atoms with van der Waals surface area (Å²) in [6.45, 7) is 4.08. The first-order chi connectivity index (χ1) is 10.5. The molecule has 0 aliphatic rings. The van der Waals surface area contributed by atoms with Crippen molar-refractivity contribution in [2.45, 2.75) is 13.8 Å². The summed E-state index contributed by atoms with van der Waals surface area (Å²) in [4.78, 5) is 13.9. The highest BCUT2D eigenvalue weighted by Crippen LogP contribution is 2.22. The molecule has 1 amide bonds. The molecule has 0 atom stereocenters. The monoisotopic (exact) mass is 297 g/mol. The molecule has 0 spiro atoms. The number of rotatable bonds is 4. The fourth-order valence-electron chi connectivity index (χ4n) is 2.52. The van der Waals surface area contributed by atoms with Gasteiger partial charge in [-0.15, -0.1) is 0 Å². The van der Waals surface area contributed by atoms with Crippen LogP contribution in [0.2, 0.25) is 0 Å². The Hall–Kier alpha value is -2.58. The normalized spacial score (nSPS) is 10.3. The number of amides is 1. The molecule has 5 nitrogen and oxygen atoms in total. The molecule has 0 radical (unpaired) electrons. The first kappa shape index (κ1) is 15.8. The second-order valence-corrected chi connectivity index (χ2v) is 5.23. The van der Waals surface area contributed by atoms with Crippen molar-refractivity contribution < 1.29 is 9.90 Å². The van der Waals surface area contributed by atoms with Crippen molar-refractivity contribution in [3.05, 3.63) is 52.8 Å². The summed E-state index contributed by atoms with van der Waals surface area (Å²) in [7, 11) is 1.67. The zero-order valence-corrected chi connectivity index (χ0v) is 13.0. The molecule has 0 saturated heterocycles. The fourth-order valence-corrected chi connectivity index (χ4v) is 2.52. The van der Waals surface area contributed by atoms with E-state index in [-0.39, 0.29) is 12.5 Å². The van der Waals surface area contributed by atoms with Gasteiger partial charge in [-0.05, 0) is 44.2 Å². The molecule has 0 fully saturated rings. The van der Waals surface area contributed by atoms with Gasteiger partial charge in [0.2, 0.25) is 0 Å². The summed E-state index contributed by atoms with van der Waals surface area (Å²) in [5.41, 5.74) is 3.93. The lowest BCUT2D eigenvalue weighted by molar-refractivity contribution is 0.0766. The van der Waals surface area contributed by atoms with E-state index in [9.17, 15) is 4.79 Å². The smallest absolute Gasteiger partial charge is 0.255 e. The number of benzene rings is 1. The summed E-state index contributed by atoms with van der Waals surface area (Å²) >= 11 is 0. The molecule has 1 N–H and O–H groups in total. The number of nitrogens with zero attached hydrogens (tertiary/aromatic N) is 3. The van der Waals surface area contributed by atoms with E-state index in [1.807, 2.05) is 36.6 Å². The quantitative estimate of drug-likeness (QED) is 0.938. The van der Waals surface area contributed by atoms with E-state index in [0.717, 1.165) is 17.1 Å². The number of likely N-dealkylation sites (N-methyl/N-ethyl adjacent to an activating group) is 1. The van der Waals surface area contributed by atoms with Crippen molar-refractivity contribution in [3.63, 3.8) is 0 Å². The summed E-state index contributed by atoms with van der Waals surface area (Å²) in [5.74, 6) is -0.109. The van der Waals surface area contributed by atoms with Crippen molar-refractivity contribution in [1.82, 2.24) is 9.47 Å². The van der Waals surface area contributed by atoms with Crippen LogP contribution in [0.3, 0.4) is 0 Å². The molecule has 2 rings (SSSR count). The lowest BCUT2D eigenvalue weighted by atomic mass is 10.2. The maximum atomic E-state index is 12.4. The van der Waals surface area contributed by atoms with Crippen LogP contribution in [0.15, 0.2) is 30.3 Å². The van der Waals surface area contributed by atoms with E-state index >= 15 is 0 Å². The molecule has 0 unspecified atom stereocenters. The second-order valence-electron chi connectivity index (χ2n) is 5.23. The van der Waals surface area contributed by atoms with Gasteiger partial charge in [0.1, 0.15) is 0 Å². The lowest BCUT2D eigenvalue weighted by Gasteiger charge is -2.16. The van der Waals surface area contributed by atoms with E-state index in [0.29, 0.717) is 17.7 Å². The van der Waals surface area contributed by atoms with Crippen LogP contribution in [-0.4, -0.2) is 40.7 Å². The highest BCUT2D eigenvalue weighted by atomic mass is 16.3. The van der Waals surface area contributed by atoms with Gasteiger partial charge in [0, 0.05) is 30.7 Å². The minimum atomic E-state index is -0.109. The van der Waals surface area contributed by atoms with E-state index < -0.39 is 0 Å². The number of aliphatic hydroxyl groups is 1. The molecule has 1 aromatic carbocycles. The molecule has 0 aliphatic heterocycles. The van der Waals surface area contributed by atoms with Gasteiger partial charge in [0.05, 0.1) is 23.8 Å². The molecule has 0 saturated carbocycles. The van der Waals surface area contributed by atoms with Crippen LogP contribution in [0.4, 0.5) is 0 Å². The van der Waals surface area contributed by atoms with Crippen LogP contribution < -0.4 is 0 Å². The third kappa shape index (κ3) is 2.87. The number of hydrogen-bond donors (Lipinski definition) is 1. The number of aromatic nitrogens is 1. The molecule has 0 aliphatic carbocycles. The number of aliphatic hydroxyl groups excluding tert-OH is 1. The Labute approximate surface area is 130 Å². The number of carbonyl (C=O) groups excluding carboxylic acids is 1. The SMILES string of the molecule is Cc1cc(C(=O)N(C)CCO)c(C)n1-c1ccc(C#N)cc1. The third-order valence-corrected chi connectivity index (χ3v) is 3.70. The highest BCUT2D eigenvalue weighted by molar-refractivity contribution is 5.95. The lowest BCUT2D eigenvalue weighted by Crippen LogP contribution is -2.29. The maximum absolute atomic E-state index is 12.4. The summed E-state index contributed by atoms with van der Waals surface area (Å²) < 4.78 is 1.99. The van der Waals surface area contributed by atoms with Crippen molar-refractivity contribution in [3.8, 4) is 11.8 Å². The standard InChI is InChI=1S/C17H19N3O2/c1-12-10-16(17(22)19(3)8-9-21)13(2)20(12)15-6-4-14(11-18)5-7-15/h4-7,10,21H,8-9H2,1-3H3. The van der Waals surface area contributed by atoms with Crippen LogP contribution >= 0.6 is 0 Å². The van der Waals surface area contributed by atoms with Gasteiger partial charge in [-0.3, -0.25) is 4.79 Å². The molecule has 0 bridgehead atoms. The number of aryl methyl sites for hydroxylation is 1. The van der Waals surface area contributed by atoms with Gasteiger partial charge in [-0.25, -0.2) is 0 Å². The highest BCUT2D eigenvalue weighted by Gasteiger charge is 2.19. The molecular weight excluding hydrogens is 278 g/mol. The van der Waals surface area contributed by atoms with Gasteiger partial charge in [-0.1, -0.05) is 0 Å². The molecule has 22 heavy (non-hydrogen) atoms. The Bertz CT molecular complexity index is 724. The van der Waals surface area contributed by atoms with Crippen LogP contribution in [0, 0.1) is 25.2 Å². The van der Waals surface area contributed by atoms with Gasteiger partial charge in [0.15, 0.2) is 0 Å². The van der Waals surface area contributed by atoms with Crippen molar-refractivity contribution in [2.75, 3.05) is 20.2 Å². The Morgan fingerprint density at radius 1 is 1.32 bits per heavy atom. The Balaban J connectivity index is 2.42. The molecule has 1 aromatic heterocycles. The Kier molecular flexibility index (Phi) is 4.64. The zero-order chi connectivity index (χ0) is 16.3. The zero-order valence-electron chi connectivity index (χ0n) is 13.0. The third-order valence-electron chi connectivity index (χ3n) is 3.70. The van der Waals surface area contributed by atoms with Gasteiger partial charge in [0.25, 0.3) is 5.91 Å². The first-order valence-electron chi connectivity index (χ1n) is 7.05. The number of carbonyl (C=O) groups is 1. The second kappa shape index (κ2) is 6.46. The summed E-state index contributed by atoms with van der Waals surface area (Å²) in [6.07, 6.45) is 0. The Morgan fingerprint density at radius 2 is 1.95 bits per heavy atom. The van der Waals surface area contributed by atoms with E-state index in [1.54, 1.807) is 19.2 Å². The minimum absolute atomic E-state index is 0.0589. The predicted molar refractivity (Wildman–Crippen MR) is 84.0 cm³/mol. The molecule has 114 valence electrons. The van der Waals surface area contributed by atoms with Gasteiger partial charge in [-0.2, -0.15) is 5.26 Å². The summed E-state index contributed by atoms with van der Waals surface area (Å²) in [6, 6.07) is 11.2. The van der Waals surface area contributed by atoms with Crippen LogP contribution in [-0.2, 0) is 0 Å². The maximum Gasteiger partial charge on any atom is 0.255 e. The van der Waals surface area contributed by atoms with E-state index in [2.05, 4.69) is 6.07 Å².